The fourth-order valence-corrected chi connectivity index (χ4v) is 4.65. The van der Waals surface area contributed by atoms with Crippen molar-refractivity contribution in [3.8, 4) is 23.3 Å². The maximum absolute atomic E-state index is 6.45. The van der Waals surface area contributed by atoms with Crippen LogP contribution < -0.4 is 15.2 Å². The molecule has 1 saturated heterocycles. The van der Waals surface area contributed by atoms with Crippen LogP contribution in [-0.2, 0) is 13.0 Å². The lowest BCUT2D eigenvalue weighted by atomic mass is 10.2. The second-order valence-electron chi connectivity index (χ2n) is 9.32. The molecule has 0 aliphatic carbocycles. The van der Waals surface area contributed by atoms with Crippen LogP contribution in [-0.4, -0.2) is 58.5 Å². The second kappa shape index (κ2) is 12.6. The van der Waals surface area contributed by atoms with Crippen molar-refractivity contribution >= 4 is 16.9 Å². The van der Waals surface area contributed by atoms with E-state index >= 15 is 0 Å². The van der Waals surface area contributed by atoms with Crippen molar-refractivity contribution in [2.24, 2.45) is 0 Å². The minimum atomic E-state index is 0.435. The Balaban J connectivity index is 1.59. The van der Waals surface area contributed by atoms with Crippen LogP contribution in [0.2, 0.25) is 0 Å². The zero-order valence-electron chi connectivity index (χ0n) is 21.8. The number of rotatable bonds is 11. The third-order valence-corrected chi connectivity index (χ3v) is 6.66. The number of unbranched alkanes of at least 4 members (excludes halogenated alkanes) is 3. The van der Waals surface area contributed by atoms with Crippen LogP contribution in [0.4, 0.5) is 5.82 Å². The Morgan fingerprint density at radius 3 is 2.64 bits per heavy atom. The van der Waals surface area contributed by atoms with Crippen LogP contribution >= 0.6 is 0 Å². The number of hydrogen-bond acceptors (Lipinski definition) is 7. The molecule has 192 valence electrons. The Morgan fingerprint density at radius 2 is 1.89 bits per heavy atom. The monoisotopic (exact) mass is 490 g/mol. The Kier molecular flexibility index (Phi) is 9.01. The van der Waals surface area contributed by atoms with Gasteiger partial charge in [-0.25, -0.2) is 9.97 Å². The van der Waals surface area contributed by atoms with E-state index in [1.165, 1.54) is 38.9 Å². The Morgan fingerprint density at radius 1 is 1.06 bits per heavy atom. The summed E-state index contributed by atoms with van der Waals surface area (Å²) in [6, 6.07) is 5.76. The molecule has 1 fully saturated rings. The molecule has 1 aliphatic heterocycles. The van der Waals surface area contributed by atoms with E-state index in [-0.39, 0.29) is 0 Å². The normalized spacial score (nSPS) is 13.6. The van der Waals surface area contributed by atoms with E-state index in [0.29, 0.717) is 23.6 Å². The van der Waals surface area contributed by atoms with Gasteiger partial charge in [-0.1, -0.05) is 19.3 Å². The predicted molar refractivity (Wildman–Crippen MR) is 143 cm³/mol. The lowest BCUT2D eigenvalue weighted by Gasteiger charge is -2.12. The van der Waals surface area contributed by atoms with Crippen LogP contribution in [0.25, 0.3) is 11.0 Å². The molecular formula is C28H38N6O2. The van der Waals surface area contributed by atoms with E-state index in [2.05, 4.69) is 28.6 Å². The van der Waals surface area contributed by atoms with Crippen LogP contribution in [0.5, 0.6) is 11.5 Å². The first-order valence-corrected chi connectivity index (χ1v) is 13.1. The number of likely N-dealkylation sites (tertiary alicyclic amines) is 1. The highest BCUT2D eigenvalue weighted by Gasteiger charge is 2.18. The molecule has 0 spiro atoms. The molecule has 36 heavy (non-hydrogen) atoms. The van der Waals surface area contributed by atoms with Gasteiger partial charge in [-0.05, 0) is 69.8 Å². The largest absolute Gasteiger partial charge is 0.497 e. The molecule has 3 heterocycles. The summed E-state index contributed by atoms with van der Waals surface area (Å²) in [5.41, 5.74) is 9.51. The van der Waals surface area contributed by atoms with Gasteiger partial charge in [-0.2, -0.15) is 5.10 Å². The van der Waals surface area contributed by atoms with Crippen LogP contribution in [0, 0.1) is 11.8 Å². The minimum absolute atomic E-state index is 0.435. The molecule has 1 aliphatic rings. The first-order valence-electron chi connectivity index (χ1n) is 13.1. The van der Waals surface area contributed by atoms with Crippen molar-refractivity contribution in [1.82, 2.24) is 24.6 Å². The van der Waals surface area contributed by atoms with Crippen molar-refractivity contribution in [2.45, 2.75) is 64.8 Å². The lowest BCUT2D eigenvalue weighted by molar-refractivity contribution is 0.331. The molecule has 0 unspecified atom stereocenters. The van der Waals surface area contributed by atoms with Crippen LogP contribution in [0.1, 0.15) is 69.0 Å². The summed E-state index contributed by atoms with van der Waals surface area (Å²) in [6.45, 7) is 6.28. The number of hydrogen-bond donors (Lipinski definition) is 1. The molecular weight excluding hydrogens is 452 g/mol. The quantitative estimate of drug-likeness (QED) is 0.314. The molecule has 0 bridgehead atoms. The number of aryl methyl sites for hydroxylation is 1. The van der Waals surface area contributed by atoms with Crippen molar-refractivity contribution in [2.75, 3.05) is 39.6 Å². The molecule has 2 N–H and O–H groups in total. The van der Waals surface area contributed by atoms with Crippen LogP contribution in [0.3, 0.4) is 0 Å². The average molecular weight is 491 g/mol. The van der Waals surface area contributed by atoms with E-state index in [1.807, 2.05) is 22.9 Å². The highest BCUT2D eigenvalue weighted by molar-refractivity contribution is 5.88. The molecule has 4 rings (SSSR count). The van der Waals surface area contributed by atoms with E-state index < -0.39 is 0 Å². The van der Waals surface area contributed by atoms with Gasteiger partial charge in [0.25, 0.3) is 0 Å². The molecule has 0 atom stereocenters. The highest BCUT2D eigenvalue weighted by Crippen LogP contribution is 2.28. The predicted octanol–water partition coefficient (Wildman–Crippen LogP) is 4.43. The topological polar surface area (TPSA) is 91.3 Å². The van der Waals surface area contributed by atoms with Crippen molar-refractivity contribution in [3.63, 3.8) is 0 Å². The summed E-state index contributed by atoms with van der Waals surface area (Å²) in [5, 5.41) is 4.83. The molecule has 0 saturated carbocycles. The van der Waals surface area contributed by atoms with Crippen molar-refractivity contribution < 1.29 is 9.47 Å². The Hall–Kier alpha value is -3.31. The summed E-state index contributed by atoms with van der Waals surface area (Å²) in [6.07, 6.45) is 8.66. The van der Waals surface area contributed by atoms with E-state index in [4.69, 9.17) is 25.3 Å². The maximum atomic E-state index is 6.45. The number of benzene rings is 1. The van der Waals surface area contributed by atoms with Gasteiger partial charge >= 0.3 is 0 Å². The number of aromatic nitrogens is 4. The number of methoxy groups -OCH3 is 2. The van der Waals surface area contributed by atoms with Gasteiger partial charge in [0.15, 0.2) is 11.5 Å². The third-order valence-electron chi connectivity index (χ3n) is 6.66. The van der Waals surface area contributed by atoms with Gasteiger partial charge in [0.1, 0.15) is 28.4 Å². The van der Waals surface area contributed by atoms with Gasteiger partial charge in [-0.3, -0.25) is 4.68 Å². The smallest absolute Gasteiger partial charge is 0.161 e. The fraction of sp³-hybridized carbons (Fsp3) is 0.536. The SMILES string of the molecule is CCCCc1nc(N)c2c(n1)c(C#CCCCCN1CCCC1)nn2Cc1ccc(OC)cc1OC. The molecule has 2 aromatic heterocycles. The molecule has 0 radical (unpaired) electrons. The molecule has 1 aromatic carbocycles. The van der Waals surface area contributed by atoms with Crippen molar-refractivity contribution in [3.05, 3.63) is 35.3 Å². The second-order valence-corrected chi connectivity index (χ2v) is 9.32. The minimum Gasteiger partial charge on any atom is -0.497 e. The van der Waals surface area contributed by atoms with Crippen LogP contribution in [0.15, 0.2) is 18.2 Å². The summed E-state index contributed by atoms with van der Waals surface area (Å²) in [7, 11) is 3.29. The number of nitrogens with zero attached hydrogens (tertiary/aromatic N) is 5. The maximum Gasteiger partial charge on any atom is 0.161 e. The fourth-order valence-electron chi connectivity index (χ4n) is 4.65. The van der Waals surface area contributed by atoms with E-state index in [0.717, 1.165) is 60.5 Å². The molecule has 3 aromatic rings. The van der Waals surface area contributed by atoms with E-state index in [1.54, 1.807) is 14.2 Å². The highest BCUT2D eigenvalue weighted by atomic mass is 16.5. The summed E-state index contributed by atoms with van der Waals surface area (Å²) >= 11 is 0. The standard InChI is InChI=1S/C28H38N6O2/c1-4-5-13-25-30-26-23(12-8-6-7-9-16-33-17-10-11-18-33)32-34(27(26)28(29)31-25)20-21-14-15-22(35-2)19-24(21)36-3/h14-15,19H,4-7,9-11,13,16-18,20H2,1-3H3,(H2,29,30,31). The van der Waals surface area contributed by atoms with Gasteiger partial charge in [0.05, 0.1) is 20.8 Å². The zero-order valence-corrected chi connectivity index (χ0v) is 21.8. The first kappa shape index (κ1) is 25.8. The lowest BCUT2D eigenvalue weighted by Crippen LogP contribution is -2.20. The number of ether oxygens (including phenoxy) is 2. The number of anilines is 1. The summed E-state index contributed by atoms with van der Waals surface area (Å²) < 4.78 is 12.8. The Bertz CT molecular complexity index is 1220. The number of fused-ring (bicyclic) bond motifs is 1. The summed E-state index contributed by atoms with van der Waals surface area (Å²) in [5.74, 6) is 9.26. The third kappa shape index (κ3) is 6.27. The molecule has 8 nitrogen and oxygen atoms in total. The molecule has 0 amide bonds. The van der Waals surface area contributed by atoms with Crippen molar-refractivity contribution in [1.29, 1.82) is 0 Å². The van der Waals surface area contributed by atoms with Gasteiger partial charge in [0.2, 0.25) is 0 Å². The van der Waals surface area contributed by atoms with Gasteiger partial charge in [0, 0.05) is 24.5 Å². The average Bonchev–Trinajstić information content (AvgIpc) is 3.53. The number of nitrogen functional groups attached to an aromatic ring is 1. The zero-order chi connectivity index (χ0) is 25.3. The molecule has 8 heteroatoms. The number of nitrogens with two attached hydrogens (primary N) is 1. The summed E-state index contributed by atoms with van der Waals surface area (Å²) in [4.78, 5) is 12.0. The van der Waals surface area contributed by atoms with Gasteiger partial charge in [-0.15, -0.1) is 0 Å². The first-order chi connectivity index (χ1) is 17.6. The van der Waals surface area contributed by atoms with Gasteiger partial charge < -0.3 is 20.1 Å². The Labute approximate surface area is 214 Å². The van der Waals surface area contributed by atoms with E-state index in [9.17, 15) is 0 Å².